The third-order valence-electron chi connectivity index (χ3n) is 4.11. The van der Waals surface area contributed by atoms with Crippen LogP contribution < -0.4 is 15.4 Å². The fourth-order valence-corrected chi connectivity index (χ4v) is 2.32. The Morgan fingerprint density at radius 3 is 2.86 bits per heavy atom. The SMILES string of the molecule is CC(C(=O)NCc1cccc(OCCN(C)C)c1)C1CNC1. The second-order valence-electron chi connectivity index (χ2n) is 6.22. The van der Waals surface area contributed by atoms with Gasteiger partial charge in [0.15, 0.2) is 0 Å². The number of hydrogen-bond donors (Lipinski definition) is 2. The predicted molar refractivity (Wildman–Crippen MR) is 87.9 cm³/mol. The molecule has 22 heavy (non-hydrogen) atoms. The fraction of sp³-hybridized carbons (Fsp3) is 0.588. The molecule has 1 aromatic carbocycles. The maximum atomic E-state index is 12.1. The molecule has 0 aromatic heterocycles. The van der Waals surface area contributed by atoms with Crippen LogP contribution in [0.25, 0.3) is 0 Å². The summed E-state index contributed by atoms with van der Waals surface area (Å²) < 4.78 is 5.71. The minimum Gasteiger partial charge on any atom is -0.492 e. The van der Waals surface area contributed by atoms with Gasteiger partial charge in [0, 0.05) is 19.0 Å². The molecule has 0 radical (unpaired) electrons. The lowest BCUT2D eigenvalue weighted by molar-refractivity contribution is -0.126. The number of nitrogens with one attached hydrogen (secondary N) is 2. The van der Waals surface area contributed by atoms with E-state index in [1.54, 1.807) is 0 Å². The molecule has 0 bridgehead atoms. The lowest BCUT2D eigenvalue weighted by atomic mass is 9.88. The van der Waals surface area contributed by atoms with Gasteiger partial charge in [0.25, 0.3) is 0 Å². The van der Waals surface area contributed by atoms with Crippen LogP contribution in [-0.2, 0) is 11.3 Å². The molecule has 2 rings (SSSR count). The van der Waals surface area contributed by atoms with Gasteiger partial charge in [0.1, 0.15) is 12.4 Å². The molecule has 122 valence electrons. The van der Waals surface area contributed by atoms with E-state index in [4.69, 9.17) is 4.74 Å². The Morgan fingerprint density at radius 1 is 1.45 bits per heavy atom. The van der Waals surface area contributed by atoms with Crippen LogP contribution in [0.1, 0.15) is 12.5 Å². The number of hydrogen-bond acceptors (Lipinski definition) is 4. The van der Waals surface area contributed by atoms with Crippen molar-refractivity contribution in [2.75, 3.05) is 40.3 Å². The normalized spacial score (nSPS) is 16.2. The van der Waals surface area contributed by atoms with Crippen molar-refractivity contribution in [3.05, 3.63) is 29.8 Å². The van der Waals surface area contributed by atoms with E-state index in [9.17, 15) is 4.79 Å². The van der Waals surface area contributed by atoms with Gasteiger partial charge in [-0.3, -0.25) is 4.79 Å². The van der Waals surface area contributed by atoms with Crippen molar-refractivity contribution < 1.29 is 9.53 Å². The summed E-state index contributed by atoms with van der Waals surface area (Å²) in [6.45, 7) is 5.99. The molecule has 1 aromatic rings. The molecule has 1 heterocycles. The lowest BCUT2D eigenvalue weighted by Crippen LogP contribution is -2.49. The zero-order chi connectivity index (χ0) is 15.9. The van der Waals surface area contributed by atoms with Crippen LogP contribution in [0.4, 0.5) is 0 Å². The highest BCUT2D eigenvalue weighted by Gasteiger charge is 2.28. The van der Waals surface area contributed by atoms with Gasteiger partial charge in [0.2, 0.25) is 5.91 Å². The highest BCUT2D eigenvalue weighted by Crippen LogP contribution is 2.17. The van der Waals surface area contributed by atoms with E-state index in [0.29, 0.717) is 19.1 Å². The van der Waals surface area contributed by atoms with E-state index in [0.717, 1.165) is 30.9 Å². The molecule has 1 unspecified atom stereocenters. The average molecular weight is 305 g/mol. The summed E-state index contributed by atoms with van der Waals surface area (Å²) >= 11 is 0. The third kappa shape index (κ3) is 5.00. The van der Waals surface area contributed by atoms with Crippen molar-refractivity contribution in [3.8, 4) is 5.75 Å². The summed E-state index contributed by atoms with van der Waals surface area (Å²) in [6, 6.07) is 7.91. The van der Waals surface area contributed by atoms with Gasteiger partial charge in [-0.05, 0) is 50.8 Å². The van der Waals surface area contributed by atoms with E-state index < -0.39 is 0 Å². The van der Waals surface area contributed by atoms with E-state index in [1.807, 2.05) is 45.3 Å². The third-order valence-corrected chi connectivity index (χ3v) is 4.11. The number of rotatable bonds is 8. The van der Waals surface area contributed by atoms with Crippen LogP contribution in [0.2, 0.25) is 0 Å². The van der Waals surface area contributed by atoms with E-state index in [2.05, 4.69) is 15.5 Å². The van der Waals surface area contributed by atoms with Crippen molar-refractivity contribution in [2.45, 2.75) is 13.5 Å². The van der Waals surface area contributed by atoms with Crippen molar-refractivity contribution in [1.29, 1.82) is 0 Å². The largest absolute Gasteiger partial charge is 0.492 e. The molecule has 5 nitrogen and oxygen atoms in total. The number of benzene rings is 1. The summed E-state index contributed by atoms with van der Waals surface area (Å²) in [6.07, 6.45) is 0. The zero-order valence-electron chi connectivity index (χ0n) is 13.8. The van der Waals surface area contributed by atoms with Crippen molar-refractivity contribution in [3.63, 3.8) is 0 Å². The first-order chi connectivity index (χ1) is 10.6. The van der Waals surface area contributed by atoms with Gasteiger partial charge >= 0.3 is 0 Å². The van der Waals surface area contributed by atoms with Gasteiger partial charge in [-0.2, -0.15) is 0 Å². The average Bonchev–Trinajstić information content (AvgIpc) is 2.43. The molecule has 1 fully saturated rings. The first kappa shape index (κ1) is 16.8. The second kappa shape index (κ2) is 8.15. The smallest absolute Gasteiger partial charge is 0.223 e. The van der Waals surface area contributed by atoms with Crippen molar-refractivity contribution in [2.24, 2.45) is 11.8 Å². The standard InChI is InChI=1S/C17H27N3O2/c1-13(15-11-18-12-15)17(21)19-10-14-5-4-6-16(9-14)22-8-7-20(2)3/h4-6,9,13,15,18H,7-8,10-12H2,1-3H3,(H,19,21). The van der Waals surface area contributed by atoms with Crippen LogP contribution in [0.3, 0.4) is 0 Å². The molecule has 0 spiro atoms. The highest BCUT2D eigenvalue weighted by atomic mass is 16.5. The summed E-state index contributed by atoms with van der Waals surface area (Å²) in [5.74, 6) is 1.52. The monoisotopic (exact) mass is 305 g/mol. The molecule has 2 N–H and O–H groups in total. The van der Waals surface area contributed by atoms with Gasteiger partial charge in [-0.1, -0.05) is 19.1 Å². The quantitative estimate of drug-likeness (QED) is 0.755. The Kier molecular flexibility index (Phi) is 6.21. The fourth-order valence-electron chi connectivity index (χ4n) is 2.32. The van der Waals surface area contributed by atoms with Crippen LogP contribution >= 0.6 is 0 Å². The minimum absolute atomic E-state index is 0.0702. The van der Waals surface area contributed by atoms with Crippen molar-refractivity contribution >= 4 is 5.91 Å². The van der Waals surface area contributed by atoms with Gasteiger partial charge < -0.3 is 20.3 Å². The first-order valence-corrected chi connectivity index (χ1v) is 7.91. The summed E-state index contributed by atoms with van der Waals surface area (Å²) in [5.41, 5.74) is 1.06. The molecule has 1 atom stereocenters. The highest BCUT2D eigenvalue weighted by molar-refractivity contribution is 5.78. The molecule has 1 amide bonds. The second-order valence-corrected chi connectivity index (χ2v) is 6.22. The maximum absolute atomic E-state index is 12.1. The van der Waals surface area contributed by atoms with Crippen molar-refractivity contribution in [1.82, 2.24) is 15.5 Å². The number of ether oxygens (including phenoxy) is 1. The van der Waals surface area contributed by atoms with Gasteiger partial charge in [0.05, 0.1) is 0 Å². The maximum Gasteiger partial charge on any atom is 0.223 e. The molecule has 1 saturated heterocycles. The Morgan fingerprint density at radius 2 is 2.23 bits per heavy atom. The number of nitrogens with zero attached hydrogens (tertiary/aromatic N) is 1. The number of likely N-dealkylation sites (N-methyl/N-ethyl adjacent to an activating group) is 1. The molecule has 0 aliphatic carbocycles. The van der Waals surface area contributed by atoms with Crippen LogP contribution in [0.15, 0.2) is 24.3 Å². The molecular formula is C17H27N3O2. The van der Waals surface area contributed by atoms with E-state index in [-0.39, 0.29) is 11.8 Å². The number of carbonyl (C=O) groups excluding carboxylic acids is 1. The first-order valence-electron chi connectivity index (χ1n) is 7.91. The molecule has 0 saturated carbocycles. The summed E-state index contributed by atoms with van der Waals surface area (Å²) in [7, 11) is 4.04. The Bertz CT molecular complexity index is 487. The van der Waals surface area contributed by atoms with E-state index >= 15 is 0 Å². The van der Waals surface area contributed by atoms with Crippen LogP contribution in [0, 0.1) is 11.8 Å². The zero-order valence-corrected chi connectivity index (χ0v) is 13.8. The number of amides is 1. The van der Waals surface area contributed by atoms with Crippen LogP contribution in [-0.4, -0.2) is 51.1 Å². The summed E-state index contributed by atoms with van der Waals surface area (Å²) in [5, 5.41) is 6.22. The Balaban J connectivity index is 1.78. The van der Waals surface area contributed by atoms with Gasteiger partial charge in [-0.25, -0.2) is 0 Å². The molecular weight excluding hydrogens is 278 g/mol. The van der Waals surface area contributed by atoms with Crippen LogP contribution in [0.5, 0.6) is 5.75 Å². The Labute approximate surface area is 133 Å². The predicted octanol–water partition coefficient (Wildman–Crippen LogP) is 1.10. The Hall–Kier alpha value is -1.59. The molecule has 5 heteroatoms. The summed E-state index contributed by atoms with van der Waals surface area (Å²) in [4.78, 5) is 14.2. The molecule has 1 aliphatic rings. The topological polar surface area (TPSA) is 53.6 Å². The molecule has 1 aliphatic heterocycles. The van der Waals surface area contributed by atoms with Gasteiger partial charge in [-0.15, -0.1) is 0 Å². The minimum atomic E-state index is 0.0702. The lowest BCUT2D eigenvalue weighted by Gasteiger charge is -2.31. The number of carbonyl (C=O) groups is 1. The van der Waals surface area contributed by atoms with E-state index in [1.165, 1.54) is 0 Å².